The van der Waals surface area contributed by atoms with E-state index in [1.807, 2.05) is 0 Å². The fraction of sp³-hybridized carbons (Fsp3) is 1.00. The van der Waals surface area contributed by atoms with Gasteiger partial charge >= 0.3 is 0 Å². The first-order valence-electron chi connectivity index (χ1n) is 7.81. The molecule has 1 aliphatic heterocycles. The van der Waals surface area contributed by atoms with Crippen molar-refractivity contribution in [2.75, 3.05) is 18.8 Å². The molecule has 0 amide bonds. The smallest absolute Gasteiger partial charge is 0.212 e. The Bertz CT molecular complexity index is 364. The van der Waals surface area contributed by atoms with Crippen molar-refractivity contribution in [3.63, 3.8) is 0 Å². The van der Waals surface area contributed by atoms with E-state index in [1.54, 1.807) is 0 Å². The van der Waals surface area contributed by atoms with Crippen molar-refractivity contribution in [2.45, 2.75) is 57.9 Å². The van der Waals surface area contributed by atoms with Crippen molar-refractivity contribution in [3.8, 4) is 0 Å². The lowest BCUT2D eigenvalue weighted by Gasteiger charge is -2.32. The van der Waals surface area contributed by atoms with Crippen LogP contribution in [0.2, 0.25) is 0 Å². The van der Waals surface area contributed by atoms with Gasteiger partial charge < -0.3 is 5.32 Å². The summed E-state index contributed by atoms with van der Waals surface area (Å²) in [6.45, 7) is 4.05. The minimum absolute atomic E-state index is 0.181. The van der Waals surface area contributed by atoms with E-state index in [9.17, 15) is 8.42 Å². The Hall–Kier alpha value is -0.130. The average molecular weight is 288 g/mol. The third kappa shape index (κ3) is 4.72. The van der Waals surface area contributed by atoms with Gasteiger partial charge in [-0.15, -0.1) is 0 Å². The van der Waals surface area contributed by atoms with Crippen molar-refractivity contribution in [3.05, 3.63) is 0 Å². The zero-order valence-corrected chi connectivity index (χ0v) is 12.8. The van der Waals surface area contributed by atoms with Gasteiger partial charge in [0, 0.05) is 6.04 Å². The maximum Gasteiger partial charge on any atom is 0.212 e. The fourth-order valence-electron chi connectivity index (χ4n) is 3.51. The number of nitrogens with one attached hydrogen (secondary N) is 2. The van der Waals surface area contributed by atoms with Gasteiger partial charge in [-0.05, 0) is 50.6 Å². The molecule has 0 aromatic carbocycles. The van der Waals surface area contributed by atoms with Crippen molar-refractivity contribution < 1.29 is 8.42 Å². The summed E-state index contributed by atoms with van der Waals surface area (Å²) < 4.78 is 27.6. The summed E-state index contributed by atoms with van der Waals surface area (Å²) in [4.78, 5) is 0. The highest BCUT2D eigenvalue weighted by Crippen LogP contribution is 2.27. The molecule has 0 bridgehead atoms. The van der Waals surface area contributed by atoms with E-state index in [0.29, 0.717) is 11.7 Å². The van der Waals surface area contributed by atoms with Crippen LogP contribution in [0.4, 0.5) is 0 Å². The highest BCUT2D eigenvalue weighted by molar-refractivity contribution is 7.89. The number of hydrogen-bond donors (Lipinski definition) is 2. The molecule has 2 fully saturated rings. The lowest BCUT2D eigenvalue weighted by atomic mass is 9.83. The van der Waals surface area contributed by atoms with Gasteiger partial charge in [0.25, 0.3) is 0 Å². The van der Waals surface area contributed by atoms with Crippen molar-refractivity contribution in [2.24, 2.45) is 11.8 Å². The van der Waals surface area contributed by atoms with Crippen LogP contribution in [0.1, 0.15) is 51.9 Å². The van der Waals surface area contributed by atoms with Gasteiger partial charge in [0.2, 0.25) is 10.0 Å². The first-order valence-corrected chi connectivity index (χ1v) is 9.46. The van der Waals surface area contributed by atoms with Crippen LogP contribution in [0.3, 0.4) is 0 Å². The van der Waals surface area contributed by atoms with Gasteiger partial charge in [-0.3, -0.25) is 0 Å². The molecule has 1 heterocycles. The van der Waals surface area contributed by atoms with Gasteiger partial charge in [-0.2, -0.15) is 0 Å². The minimum atomic E-state index is -3.11. The lowest BCUT2D eigenvalue weighted by molar-refractivity contribution is 0.281. The first-order chi connectivity index (χ1) is 9.11. The van der Waals surface area contributed by atoms with E-state index >= 15 is 0 Å². The van der Waals surface area contributed by atoms with E-state index in [1.165, 1.54) is 12.8 Å². The summed E-state index contributed by atoms with van der Waals surface area (Å²) in [5.74, 6) is 1.12. The van der Waals surface area contributed by atoms with Crippen LogP contribution in [0.5, 0.6) is 0 Å². The van der Waals surface area contributed by atoms with E-state index in [4.69, 9.17) is 0 Å². The quantitative estimate of drug-likeness (QED) is 0.812. The molecule has 0 aromatic rings. The highest BCUT2D eigenvalue weighted by atomic mass is 32.2. The zero-order chi connectivity index (χ0) is 13.7. The van der Waals surface area contributed by atoms with Crippen LogP contribution in [0, 0.1) is 11.8 Å². The van der Waals surface area contributed by atoms with E-state index in [0.717, 1.165) is 45.2 Å². The largest absolute Gasteiger partial charge is 0.316 e. The molecule has 2 N–H and O–H groups in total. The molecular formula is C14H28N2O2S. The number of sulfonamides is 1. The number of piperidine rings is 1. The molecule has 0 aromatic heterocycles. The number of rotatable bonds is 5. The molecule has 1 saturated carbocycles. The third-order valence-electron chi connectivity index (χ3n) is 4.62. The van der Waals surface area contributed by atoms with Gasteiger partial charge in [-0.25, -0.2) is 13.1 Å². The van der Waals surface area contributed by atoms with E-state index in [2.05, 4.69) is 17.0 Å². The van der Waals surface area contributed by atoms with Crippen molar-refractivity contribution >= 4 is 10.0 Å². The Morgan fingerprint density at radius 1 is 1.16 bits per heavy atom. The Morgan fingerprint density at radius 3 is 2.63 bits per heavy atom. The summed E-state index contributed by atoms with van der Waals surface area (Å²) in [5.41, 5.74) is 0. The molecular weight excluding hydrogens is 260 g/mol. The Balaban J connectivity index is 1.88. The van der Waals surface area contributed by atoms with Gasteiger partial charge in [-0.1, -0.05) is 26.2 Å². The monoisotopic (exact) mass is 288 g/mol. The molecule has 3 atom stereocenters. The average Bonchev–Trinajstić information content (AvgIpc) is 2.39. The van der Waals surface area contributed by atoms with E-state index < -0.39 is 10.0 Å². The molecule has 112 valence electrons. The topological polar surface area (TPSA) is 58.2 Å². The first kappa shape index (κ1) is 15.3. The second-order valence-corrected chi connectivity index (χ2v) is 7.97. The summed E-state index contributed by atoms with van der Waals surface area (Å²) in [6, 6.07) is 0.181. The predicted molar refractivity (Wildman–Crippen MR) is 78.6 cm³/mol. The summed E-state index contributed by atoms with van der Waals surface area (Å²) >= 11 is 0. The van der Waals surface area contributed by atoms with Gasteiger partial charge in [0.1, 0.15) is 0 Å². The molecule has 5 heteroatoms. The maximum atomic E-state index is 12.3. The maximum absolute atomic E-state index is 12.3. The molecule has 1 saturated heterocycles. The molecule has 3 unspecified atom stereocenters. The summed E-state index contributed by atoms with van der Waals surface area (Å²) in [7, 11) is -3.11. The second-order valence-electron chi connectivity index (χ2n) is 6.17. The molecule has 0 spiro atoms. The van der Waals surface area contributed by atoms with Gasteiger partial charge in [0.05, 0.1) is 5.75 Å². The molecule has 1 aliphatic carbocycles. The zero-order valence-electron chi connectivity index (χ0n) is 12.0. The minimum Gasteiger partial charge on any atom is -0.316 e. The summed E-state index contributed by atoms with van der Waals surface area (Å²) in [6.07, 6.45) is 7.82. The molecule has 4 nitrogen and oxygen atoms in total. The van der Waals surface area contributed by atoms with Crippen molar-refractivity contribution in [1.82, 2.24) is 10.0 Å². The van der Waals surface area contributed by atoms with Crippen molar-refractivity contribution in [1.29, 1.82) is 0 Å². The van der Waals surface area contributed by atoms with Crippen LogP contribution >= 0.6 is 0 Å². The Morgan fingerprint density at radius 2 is 1.95 bits per heavy atom. The second kappa shape index (κ2) is 7.04. The lowest BCUT2D eigenvalue weighted by Crippen LogP contribution is -2.45. The third-order valence-corrected chi connectivity index (χ3v) is 6.19. The standard InChI is InChI=1S/C14H28N2O2S/c1-2-13-7-3-4-8-14(13)16-19(17,18)11-12-6-5-9-15-10-12/h12-16H,2-11H2,1H3. The predicted octanol–water partition coefficient (Wildman–Crippen LogP) is 1.87. The van der Waals surface area contributed by atoms with Gasteiger partial charge in [0.15, 0.2) is 0 Å². The molecule has 19 heavy (non-hydrogen) atoms. The Kier molecular flexibility index (Phi) is 5.66. The SMILES string of the molecule is CCC1CCCCC1NS(=O)(=O)CC1CCCNC1. The van der Waals surface area contributed by atoms with Crippen LogP contribution in [0.25, 0.3) is 0 Å². The van der Waals surface area contributed by atoms with Crippen LogP contribution in [-0.2, 0) is 10.0 Å². The summed E-state index contributed by atoms with van der Waals surface area (Å²) in [5, 5.41) is 3.29. The van der Waals surface area contributed by atoms with Crippen LogP contribution in [-0.4, -0.2) is 33.3 Å². The highest BCUT2D eigenvalue weighted by Gasteiger charge is 2.29. The number of hydrogen-bond acceptors (Lipinski definition) is 3. The molecule has 2 aliphatic rings. The van der Waals surface area contributed by atoms with Crippen LogP contribution < -0.4 is 10.0 Å². The fourth-order valence-corrected chi connectivity index (χ4v) is 5.28. The Labute approximate surface area is 117 Å². The van der Waals surface area contributed by atoms with E-state index in [-0.39, 0.29) is 12.0 Å². The normalized spacial score (nSPS) is 33.2. The molecule has 2 rings (SSSR count). The van der Waals surface area contributed by atoms with Crippen LogP contribution in [0.15, 0.2) is 0 Å². The molecule has 0 radical (unpaired) electrons.